The maximum atomic E-state index is 12.7. The summed E-state index contributed by atoms with van der Waals surface area (Å²) in [6.07, 6.45) is 5.21. The van der Waals surface area contributed by atoms with Crippen molar-refractivity contribution >= 4 is 28.8 Å². The van der Waals surface area contributed by atoms with E-state index < -0.39 is 0 Å². The third kappa shape index (κ3) is 4.58. The zero-order valence-corrected chi connectivity index (χ0v) is 18.8. The summed E-state index contributed by atoms with van der Waals surface area (Å²) in [6.45, 7) is 2.62. The van der Waals surface area contributed by atoms with Crippen LogP contribution in [-0.2, 0) is 11.2 Å². The Morgan fingerprint density at radius 1 is 1.09 bits per heavy atom. The summed E-state index contributed by atoms with van der Waals surface area (Å²) < 4.78 is 6.00. The highest BCUT2D eigenvalue weighted by Gasteiger charge is 2.25. The Kier molecular flexibility index (Phi) is 6.03. The molecule has 0 bridgehead atoms. The Bertz CT molecular complexity index is 1210. The molecule has 0 spiro atoms. The number of hydrogen-bond donors (Lipinski definition) is 1. The predicted octanol–water partition coefficient (Wildman–Crippen LogP) is 4.91. The fourth-order valence-corrected chi connectivity index (χ4v) is 4.47. The molecule has 0 saturated carbocycles. The number of aromatic hydroxyl groups is 1. The molecular formula is C26H24ClN3O3. The first-order valence-electron chi connectivity index (χ1n) is 11.0. The number of fused-ring (bicyclic) bond motifs is 2. The maximum Gasteiger partial charge on any atom is 0.241 e. The molecule has 1 amide bonds. The van der Waals surface area contributed by atoms with E-state index in [9.17, 15) is 9.90 Å². The van der Waals surface area contributed by atoms with E-state index in [1.54, 1.807) is 18.3 Å². The molecule has 0 unspecified atom stereocenters. The third-order valence-corrected chi connectivity index (χ3v) is 6.33. The minimum absolute atomic E-state index is 0.0903. The van der Waals surface area contributed by atoms with Gasteiger partial charge in [-0.2, -0.15) is 0 Å². The number of nitrogens with zero attached hydrogens (tertiary/aromatic N) is 3. The molecule has 2 aliphatic heterocycles. The van der Waals surface area contributed by atoms with Crippen LogP contribution in [0.25, 0.3) is 5.57 Å². The molecule has 1 fully saturated rings. The monoisotopic (exact) mass is 461 g/mol. The number of pyridine rings is 1. The predicted molar refractivity (Wildman–Crippen MR) is 129 cm³/mol. The molecule has 1 saturated heterocycles. The van der Waals surface area contributed by atoms with Crippen molar-refractivity contribution in [3.05, 3.63) is 83.0 Å². The Hall–Kier alpha value is -3.35. The van der Waals surface area contributed by atoms with Crippen molar-refractivity contribution in [3.63, 3.8) is 0 Å². The second kappa shape index (κ2) is 9.25. The van der Waals surface area contributed by atoms with Crippen molar-refractivity contribution in [1.29, 1.82) is 0 Å². The lowest BCUT2D eigenvalue weighted by Gasteiger charge is -2.34. The van der Waals surface area contributed by atoms with Crippen LogP contribution in [0.1, 0.15) is 17.5 Å². The number of halogens is 1. The van der Waals surface area contributed by atoms with Gasteiger partial charge in [-0.1, -0.05) is 23.7 Å². The number of anilines is 1. The lowest BCUT2D eigenvalue weighted by atomic mass is 9.97. The lowest BCUT2D eigenvalue weighted by molar-refractivity contribution is -0.121. The van der Waals surface area contributed by atoms with Gasteiger partial charge in [0.25, 0.3) is 0 Å². The van der Waals surface area contributed by atoms with Crippen LogP contribution in [0.15, 0.2) is 66.9 Å². The standard InChI is InChI=1S/C26H24ClN3O3/c27-19-8-10-20(11-9-19)30-15-14-29(17-25(30)32)13-3-4-18-16-22-23(31)6-1-7-24(22)33-26-21(18)5-2-12-28-26/h1-2,4-12,31H,3,13-17H2. The first-order chi connectivity index (χ1) is 16.1. The summed E-state index contributed by atoms with van der Waals surface area (Å²) in [5.41, 5.74) is 3.63. The maximum absolute atomic E-state index is 12.7. The summed E-state index contributed by atoms with van der Waals surface area (Å²) in [5.74, 6) is 1.48. The molecule has 1 aromatic heterocycles. The van der Waals surface area contributed by atoms with E-state index in [2.05, 4.69) is 16.0 Å². The van der Waals surface area contributed by atoms with E-state index in [0.29, 0.717) is 36.2 Å². The van der Waals surface area contributed by atoms with Crippen LogP contribution in [0.4, 0.5) is 5.69 Å². The summed E-state index contributed by atoms with van der Waals surface area (Å²) in [4.78, 5) is 21.1. The molecule has 0 radical (unpaired) electrons. The second-order valence-electron chi connectivity index (χ2n) is 8.20. The van der Waals surface area contributed by atoms with Crippen molar-refractivity contribution in [2.24, 2.45) is 0 Å². The van der Waals surface area contributed by atoms with Crippen LogP contribution < -0.4 is 9.64 Å². The topological polar surface area (TPSA) is 65.9 Å². The lowest BCUT2D eigenvalue weighted by Crippen LogP contribution is -2.50. The van der Waals surface area contributed by atoms with Crippen LogP contribution in [0.5, 0.6) is 17.4 Å². The number of amides is 1. The van der Waals surface area contributed by atoms with Gasteiger partial charge >= 0.3 is 0 Å². The van der Waals surface area contributed by atoms with Gasteiger partial charge in [0.05, 0.1) is 6.54 Å². The van der Waals surface area contributed by atoms with Crippen molar-refractivity contribution in [2.75, 3.05) is 31.1 Å². The first kappa shape index (κ1) is 21.5. The normalized spacial score (nSPS) is 17.3. The van der Waals surface area contributed by atoms with Gasteiger partial charge in [0.1, 0.15) is 11.5 Å². The largest absolute Gasteiger partial charge is 0.508 e. The molecule has 6 nitrogen and oxygen atoms in total. The minimum atomic E-state index is 0.0903. The smallest absolute Gasteiger partial charge is 0.241 e. The minimum Gasteiger partial charge on any atom is -0.508 e. The molecule has 33 heavy (non-hydrogen) atoms. The number of carbonyl (C=O) groups excluding carboxylic acids is 1. The van der Waals surface area contributed by atoms with E-state index in [0.717, 1.165) is 41.9 Å². The average Bonchev–Trinajstić information content (AvgIpc) is 2.98. The van der Waals surface area contributed by atoms with E-state index in [4.69, 9.17) is 16.3 Å². The molecule has 7 heteroatoms. The van der Waals surface area contributed by atoms with Crippen molar-refractivity contribution in [2.45, 2.75) is 12.8 Å². The number of benzene rings is 2. The molecule has 0 aliphatic carbocycles. The van der Waals surface area contributed by atoms with Crippen LogP contribution in [-0.4, -0.2) is 47.1 Å². The van der Waals surface area contributed by atoms with Gasteiger partial charge in [-0.25, -0.2) is 4.98 Å². The molecule has 5 rings (SSSR count). The number of rotatable bonds is 4. The van der Waals surface area contributed by atoms with Crippen molar-refractivity contribution in [1.82, 2.24) is 9.88 Å². The van der Waals surface area contributed by atoms with E-state index in [1.807, 2.05) is 47.4 Å². The zero-order chi connectivity index (χ0) is 22.8. The summed E-state index contributed by atoms with van der Waals surface area (Å²) in [7, 11) is 0. The summed E-state index contributed by atoms with van der Waals surface area (Å²) in [6, 6.07) is 16.6. The summed E-state index contributed by atoms with van der Waals surface area (Å²) in [5, 5.41) is 11.0. The number of phenols is 1. The molecule has 2 aliphatic rings. The number of carbonyl (C=O) groups is 1. The van der Waals surface area contributed by atoms with Gasteiger partial charge in [-0.05, 0) is 60.5 Å². The Morgan fingerprint density at radius 2 is 1.94 bits per heavy atom. The number of piperazine rings is 1. The van der Waals surface area contributed by atoms with Gasteiger partial charge in [0.2, 0.25) is 11.8 Å². The molecule has 0 atom stereocenters. The zero-order valence-electron chi connectivity index (χ0n) is 18.1. The van der Waals surface area contributed by atoms with Gasteiger partial charge < -0.3 is 14.7 Å². The number of aromatic nitrogens is 1. The van der Waals surface area contributed by atoms with E-state index >= 15 is 0 Å². The Morgan fingerprint density at radius 3 is 2.76 bits per heavy atom. The SMILES string of the molecule is O=C1CN(CCC=C2Cc3c(O)cccc3Oc3ncccc32)CCN1c1ccc(Cl)cc1. The Balaban J connectivity index is 1.28. The number of ether oxygens (including phenoxy) is 1. The number of allylic oxidation sites excluding steroid dienone is 1. The van der Waals surface area contributed by atoms with Crippen LogP contribution >= 0.6 is 11.6 Å². The molecular weight excluding hydrogens is 438 g/mol. The van der Waals surface area contributed by atoms with Gasteiger partial charge in [0.15, 0.2) is 0 Å². The van der Waals surface area contributed by atoms with Gasteiger partial charge in [-0.15, -0.1) is 0 Å². The van der Waals surface area contributed by atoms with Crippen LogP contribution in [0.2, 0.25) is 5.02 Å². The third-order valence-electron chi connectivity index (χ3n) is 6.07. The van der Waals surface area contributed by atoms with Crippen LogP contribution in [0, 0.1) is 0 Å². The molecule has 3 heterocycles. The molecule has 3 aromatic rings. The van der Waals surface area contributed by atoms with Crippen molar-refractivity contribution in [3.8, 4) is 17.4 Å². The second-order valence-corrected chi connectivity index (χ2v) is 8.64. The van der Waals surface area contributed by atoms with Gasteiger partial charge in [-0.3, -0.25) is 9.69 Å². The number of phenolic OH excluding ortho intramolecular Hbond substituents is 1. The van der Waals surface area contributed by atoms with Crippen molar-refractivity contribution < 1.29 is 14.6 Å². The van der Waals surface area contributed by atoms with Gasteiger partial charge in [0, 0.05) is 54.1 Å². The van der Waals surface area contributed by atoms with E-state index in [1.165, 1.54) is 0 Å². The highest BCUT2D eigenvalue weighted by Crippen LogP contribution is 2.41. The molecule has 1 N–H and O–H groups in total. The first-order valence-corrected chi connectivity index (χ1v) is 11.4. The highest BCUT2D eigenvalue weighted by atomic mass is 35.5. The van der Waals surface area contributed by atoms with Crippen LogP contribution in [0.3, 0.4) is 0 Å². The van der Waals surface area contributed by atoms with E-state index in [-0.39, 0.29) is 11.7 Å². The molecule has 168 valence electrons. The highest BCUT2D eigenvalue weighted by molar-refractivity contribution is 6.30. The average molecular weight is 462 g/mol. The fourth-order valence-electron chi connectivity index (χ4n) is 4.34. The molecule has 2 aromatic carbocycles. The Labute approximate surface area is 197 Å². The number of hydrogen-bond acceptors (Lipinski definition) is 5. The summed E-state index contributed by atoms with van der Waals surface area (Å²) >= 11 is 5.97. The fraction of sp³-hybridized carbons (Fsp3) is 0.231. The quantitative estimate of drug-likeness (QED) is 0.598.